The van der Waals surface area contributed by atoms with E-state index in [0.717, 1.165) is 39.3 Å². The number of aromatic nitrogens is 1. The fourth-order valence-corrected chi connectivity index (χ4v) is 2.12. The lowest BCUT2D eigenvalue weighted by Crippen LogP contribution is -2.45. The number of anilines is 2. The number of rotatable bonds is 4. The van der Waals surface area contributed by atoms with E-state index in [1.807, 2.05) is 0 Å². The van der Waals surface area contributed by atoms with Crippen molar-refractivity contribution in [2.75, 3.05) is 57.4 Å². The monoisotopic (exact) mass is 260 g/mol. The first-order valence-electron chi connectivity index (χ1n) is 6.50. The summed E-state index contributed by atoms with van der Waals surface area (Å²) in [6.45, 7) is 6.18. The van der Waals surface area contributed by atoms with Gasteiger partial charge in [-0.25, -0.2) is 4.98 Å². The standard InChI is InChI=1S/C13H20N6/c1-18-6-8-19(9-7-18)5-4-17-13-12(15)11(10-14)2-3-16-13/h2-3H,4-9,15H2,1H3,(H,16,17). The largest absolute Gasteiger partial charge is 0.395 e. The van der Waals surface area contributed by atoms with Crippen LogP contribution in [0.5, 0.6) is 0 Å². The van der Waals surface area contributed by atoms with Crippen molar-refractivity contribution in [3.8, 4) is 6.07 Å². The van der Waals surface area contributed by atoms with E-state index >= 15 is 0 Å². The van der Waals surface area contributed by atoms with Gasteiger partial charge >= 0.3 is 0 Å². The molecule has 0 saturated carbocycles. The van der Waals surface area contributed by atoms with Gasteiger partial charge in [-0.1, -0.05) is 0 Å². The van der Waals surface area contributed by atoms with E-state index in [9.17, 15) is 0 Å². The van der Waals surface area contributed by atoms with Crippen LogP contribution in [0.3, 0.4) is 0 Å². The Kier molecular flexibility index (Phi) is 4.55. The van der Waals surface area contributed by atoms with Gasteiger partial charge in [0.25, 0.3) is 0 Å². The first-order valence-corrected chi connectivity index (χ1v) is 6.50. The van der Waals surface area contributed by atoms with Gasteiger partial charge in [0.15, 0.2) is 5.82 Å². The van der Waals surface area contributed by atoms with Gasteiger partial charge in [0.2, 0.25) is 0 Å². The zero-order valence-corrected chi connectivity index (χ0v) is 11.3. The van der Waals surface area contributed by atoms with Crippen molar-refractivity contribution in [3.63, 3.8) is 0 Å². The van der Waals surface area contributed by atoms with Gasteiger partial charge in [-0.15, -0.1) is 0 Å². The van der Waals surface area contributed by atoms with Gasteiger partial charge in [-0.05, 0) is 13.1 Å². The summed E-state index contributed by atoms with van der Waals surface area (Å²) in [5.74, 6) is 0.605. The van der Waals surface area contributed by atoms with Crippen LogP contribution >= 0.6 is 0 Å². The highest BCUT2D eigenvalue weighted by molar-refractivity contribution is 5.68. The molecule has 19 heavy (non-hydrogen) atoms. The number of nitrogens with two attached hydrogens (primary N) is 1. The summed E-state index contributed by atoms with van der Waals surface area (Å²) in [7, 11) is 2.15. The maximum Gasteiger partial charge on any atom is 0.150 e. The molecule has 0 atom stereocenters. The number of hydrogen-bond donors (Lipinski definition) is 2. The average Bonchev–Trinajstić information content (AvgIpc) is 2.43. The van der Waals surface area contributed by atoms with Gasteiger partial charge in [-0.3, -0.25) is 4.90 Å². The van der Waals surface area contributed by atoms with Crippen LogP contribution < -0.4 is 11.1 Å². The van der Waals surface area contributed by atoms with E-state index in [4.69, 9.17) is 11.0 Å². The van der Waals surface area contributed by atoms with Crippen molar-refractivity contribution < 1.29 is 0 Å². The molecule has 0 aromatic carbocycles. The molecule has 0 bridgehead atoms. The normalized spacial score (nSPS) is 17.1. The maximum absolute atomic E-state index is 8.90. The van der Waals surface area contributed by atoms with E-state index in [0.29, 0.717) is 17.1 Å². The second kappa shape index (κ2) is 6.36. The van der Waals surface area contributed by atoms with Gasteiger partial charge in [0.1, 0.15) is 6.07 Å². The fraction of sp³-hybridized carbons (Fsp3) is 0.538. The lowest BCUT2D eigenvalue weighted by Gasteiger charge is -2.32. The topological polar surface area (TPSA) is 81.2 Å². The van der Waals surface area contributed by atoms with Crippen LogP contribution in [0.2, 0.25) is 0 Å². The zero-order chi connectivity index (χ0) is 13.7. The molecular weight excluding hydrogens is 240 g/mol. The Labute approximate surface area is 113 Å². The van der Waals surface area contributed by atoms with E-state index in [1.165, 1.54) is 0 Å². The fourth-order valence-electron chi connectivity index (χ4n) is 2.12. The Hall–Kier alpha value is -1.84. The van der Waals surface area contributed by atoms with Crippen LogP contribution in [0, 0.1) is 11.3 Å². The van der Waals surface area contributed by atoms with Crippen LogP contribution in [0.15, 0.2) is 12.3 Å². The Balaban J connectivity index is 1.81. The van der Waals surface area contributed by atoms with Crippen molar-refractivity contribution in [3.05, 3.63) is 17.8 Å². The molecule has 0 unspecified atom stereocenters. The summed E-state index contributed by atoms with van der Waals surface area (Å²) < 4.78 is 0. The van der Waals surface area contributed by atoms with Crippen LogP contribution in [0.25, 0.3) is 0 Å². The van der Waals surface area contributed by atoms with Crippen molar-refractivity contribution in [2.45, 2.75) is 0 Å². The SMILES string of the molecule is CN1CCN(CCNc2nccc(C#N)c2N)CC1. The second-order valence-electron chi connectivity index (χ2n) is 4.80. The minimum atomic E-state index is 0.434. The Morgan fingerprint density at radius 3 is 2.84 bits per heavy atom. The average molecular weight is 260 g/mol. The highest BCUT2D eigenvalue weighted by atomic mass is 15.2. The third-order valence-corrected chi connectivity index (χ3v) is 3.43. The number of nitrogens with one attached hydrogen (secondary N) is 1. The third kappa shape index (κ3) is 3.56. The molecule has 1 saturated heterocycles. The van der Waals surface area contributed by atoms with Crippen LogP contribution in [-0.4, -0.2) is 61.1 Å². The number of nitrogens with zero attached hydrogens (tertiary/aromatic N) is 4. The smallest absolute Gasteiger partial charge is 0.150 e. The number of nitriles is 1. The summed E-state index contributed by atoms with van der Waals surface area (Å²) in [4.78, 5) is 8.91. The molecule has 3 N–H and O–H groups in total. The van der Waals surface area contributed by atoms with E-state index in [1.54, 1.807) is 12.3 Å². The summed E-state index contributed by atoms with van der Waals surface area (Å²) in [6, 6.07) is 3.69. The highest BCUT2D eigenvalue weighted by Crippen LogP contribution is 2.18. The molecule has 1 fully saturated rings. The summed E-state index contributed by atoms with van der Waals surface area (Å²) >= 11 is 0. The molecule has 102 valence electrons. The van der Waals surface area contributed by atoms with Crippen molar-refractivity contribution in [1.82, 2.24) is 14.8 Å². The van der Waals surface area contributed by atoms with E-state index < -0.39 is 0 Å². The molecule has 0 amide bonds. The minimum Gasteiger partial charge on any atom is -0.395 e. The number of likely N-dealkylation sites (N-methyl/N-ethyl adjacent to an activating group) is 1. The van der Waals surface area contributed by atoms with E-state index in [-0.39, 0.29) is 0 Å². The molecule has 6 heteroatoms. The number of nitrogen functional groups attached to an aromatic ring is 1. The molecule has 0 radical (unpaired) electrons. The number of pyridine rings is 1. The molecule has 1 aromatic heterocycles. The summed E-state index contributed by atoms with van der Waals surface area (Å²) in [6.07, 6.45) is 1.60. The molecule has 0 aliphatic carbocycles. The number of hydrogen-bond acceptors (Lipinski definition) is 6. The summed E-state index contributed by atoms with van der Waals surface area (Å²) in [5.41, 5.74) is 6.77. The second-order valence-corrected chi connectivity index (χ2v) is 4.80. The number of piperazine rings is 1. The van der Waals surface area contributed by atoms with Crippen molar-refractivity contribution in [1.29, 1.82) is 5.26 Å². The first-order chi connectivity index (χ1) is 9.20. The third-order valence-electron chi connectivity index (χ3n) is 3.43. The predicted octanol–water partition coefficient (Wildman–Crippen LogP) is 0.195. The Morgan fingerprint density at radius 1 is 1.42 bits per heavy atom. The molecule has 1 aliphatic rings. The van der Waals surface area contributed by atoms with Gasteiger partial charge in [0.05, 0.1) is 11.3 Å². The molecule has 2 rings (SSSR count). The highest BCUT2D eigenvalue weighted by Gasteiger charge is 2.13. The predicted molar refractivity (Wildman–Crippen MR) is 75.8 cm³/mol. The van der Waals surface area contributed by atoms with Gasteiger partial charge < -0.3 is 16.0 Å². The molecule has 0 spiro atoms. The minimum absolute atomic E-state index is 0.434. The zero-order valence-electron chi connectivity index (χ0n) is 11.3. The molecular formula is C13H20N6. The molecule has 6 nitrogen and oxygen atoms in total. The summed E-state index contributed by atoms with van der Waals surface area (Å²) in [5, 5.41) is 12.1. The van der Waals surface area contributed by atoms with Crippen LogP contribution in [-0.2, 0) is 0 Å². The first kappa shape index (κ1) is 13.6. The van der Waals surface area contributed by atoms with E-state index in [2.05, 4.69) is 33.2 Å². The lowest BCUT2D eigenvalue weighted by molar-refractivity contribution is 0.158. The quantitative estimate of drug-likeness (QED) is 0.804. The van der Waals surface area contributed by atoms with Gasteiger partial charge in [0, 0.05) is 45.5 Å². The van der Waals surface area contributed by atoms with Gasteiger partial charge in [-0.2, -0.15) is 5.26 Å². The molecule has 2 heterocycles. The Bertz CT molecular complexity index is 459. The lowest BCUT2D eigenvalue weighted by atomic mass is 10.2. The Morgan fingerprint density at radius 2 is 2.16 bits per heavy atom. The van der Waals surface area contributed by atoms with Crippen molar-refractivity contribution >= 4 is 11.5 Å². The van der Waals surface area contributed by atoms with Crippen LogP contribution in [0.1, 0.15) is 5.56 Å². The van der Waals surface area contributed by atoms with Crippen molar-refractivity contribution in [2.24, 2.45) is 0 Å². The maximum atomic E-state index is 8.90. The molecule has 1 aliphatic heterocycles. The molecule has 1 aromatic rings. The van der Waals surface area contributed by atoms with Crippen LogP contribution in [0.4, 0.5) is 11.5 Å².